The summed E-state index contributed by atoms with van der Waals surface area (Å²) in [5.74, 6) is -0.372. The summed E-state index contributed by atoms with van der Waals surface area (Å²) >= 11 is 0. The van der Waals surface area contributed by atoms with Gasteiger partial charge in [0, 0.05) is 24.7 Å². The van der Waals surface area contributed by atoms with Crippen LogP contribution >= 0.6 is 0 Å². The van der Waals surface area contributed by atoms with Gasteiger partial charge in [-0.1, -0.05) is 19.1 Å². The van der Waals surface area contributed by atoms with Crippen LogP contribution in [0.15, 0.2) is 18.2 Å². The van der Waals surface area contributed by atoms with Crippen LogP contribution in [0.1, 0.15) is 30.9 Å². The number of benzene rings is 1. The van der Waals surface area contributed by atoms with Crippen molar-refractivity contribution in [3.8, 4) is 6.07 Å². The van der Waals surface area contributed by atoms with E-state index in [9.17, 15) is 4.39 Å². The summed E-state index contributed by atoms with van der Waals surface area (Å²) in [7, 11) is 0. The molecule has 1 N–H and O–H groups in total. The lowest BCUT2D eigenvalue weighted by Crippen LogP contribution is -2.37. The van der Waals surface area contributed by atoms with Crippen LogP contribution in [-0.2, 0) is 6.54 Å². The van der Waals surface area contributed by atoms with Crippen molar-refractivity contribution in [2.45, 2.75) is 32.4 Å². The molecule has 1 unspecified atom stereocenters. The fraction of sp³-hybridized carbons (Fsp3) is 0.533. The number of nitrogens with one attached hydrogen (secondary N) is 1. The Bertz CT molecular complexity index is 461. The molecular formula is C15H20FN3. The Hall–Kier alpha value is -1.44. The Kier molecular flexibility index (Phi) is 4.89. The number of halogens is 1. The Balaban J connectivity index is 2.03. The number of hydrogen-bond donors (Lipinski definition) is 1. The molecule has 1 aromatic rings. The molecule has 19 heavy (non-hydrogen) atoms. The Labute approximate surface area is 114 Å². The van der Waals surface area contributed by atoms with Crippen LogP contribution in [0.5, 0.6) is 0 Å². The van der Waals surface area contributed by atoms with Crippen molar-refractivity contribution >= 4 is 0 Å². The Morgan fingerprint density at radius 3 is 3.00 bits per heavy atom. The molecule has 0 spiro atoms. The van der Waals surface area contributed by atoms with Gasteiger partial charge in [-0.25, -0.2) is 4.39 Å². The average Bonchev–Trinajstić information content (AvgIpc) is 2.93. The van der Waals surface area contributed by atoms with Crippen LogP contribution in [0.2, 0.25) is 0 Å². The minimum absolute atomic E-state index is 0.132. The summed E-state index contributed by atoms with van der Waals surface area (Å²) in [6.07, 6.45) is 2.41. The molecule has 2 rings (SSSR count). The third kappa shape index (κ3) is 3.52. The van der Waals surface area contributed by atoms with Gasteiger partial charge in [0.2, 0.25) is 0 Å². The van der Waals surface area contributed by atoms with E-state index in [2.05, 4.69) is 17.1 Å². The zero-order valence-corrected chi connectivity index (χ0v) is 11.3. The number of nitriles is 1. The van der Waals surface area contributed by atoms with Gasteiger partial charge in [-0.3, -0.25) is 4.90 Å². The van der Waals surface area contributed by atoms with Crippen LogP contribution in [0.4, 0.5) is 4.39 Å². The second-order valence-electron chi connectivity index (χ2n) is 5.01. The zero-order valence-electron chi connectivity index (χ0n) is 11.3. The lowest BCUT2D eigenvalue weighted by molar-refractivity contribution is 0.250. The van der Waals surface area contributed by atoms with Gasteiger partial charge < -0.3 is 5.32 Å². The maximum atomic E-state index is 14.0. The van der Waals surface area contributed by atoms with Crippen LogP contribution in [0.3, 0.4) is 0 Å². The Morgan fingerprint density at radius 2 is 2.37 bits per heavy atom. The van der Waals surface area contributed by atoms with Crippen LogP contribution in [0.25, 0.3) is 0 Å². The lowest BCUT2D eigenvalue weighted by Gasteiger charge is -2.24. The van der Waals surface area contributed by atoms with Crippen molar-refractivity contribution < 1.29 is 4.39 Å². The molecule has 1 heterocycles. The molecule has 3 nitrogen and oxygen atoms in total. The molecule has 4 heteroatoms. The highest BCUT2D eigenvalue weighted by atomic mass is 19.1. The highest BCUT2D eigenvalue weighted by molar-refractivity contribution is 5.34. The molecule has 0 radical (unpaired) electrons. The van der Waals surface area contributed by atoms with E-state index in [0.717, 1.165) is 19.6 Å². The highest BCUT2D eigenvalue weighted by Crippen LogP contribution is 2.15. The van der Waals surface area contributed by atoms with Gasteiger partial charge in [0.1, 0.15) is 11.9 Å². The van der Waals surface area contributed by atoms with E-state index in [1.165, 1.54) is 18.9 Å². The molecule has 1 aliphatic rings. The van der Waals surface area contributed by atoms with Gasteiger partial charge in [-0.2, -0.15) is 5.26 Å². The molecule has 0 aromatic heterocycles. The largest absolute Gasteiger partial charge is 0.313 e. The monoisotopic (exact) mass is 261 g/mol. The van der Waals surface area contributed by atoms with Gasteiger partial charge in [-0.15, -0.1) is 0 Å². The smallest absolute Gasteiger partial charge is 0.145 e. The van der Waals surface area contributed by atoms with Crippen molar-refractivity contribution in [3.63, 3.8) is 0 Å². The van der Waals surface area contributed by atoms with Gasteiger partial charge in [-0.05, 0) is 32.0 Å². The fourth-order valence-electron chi connectivity index (χ4n) is 2.56. The lowest BCUT2D eigenvalue weighted by atomic mass is 10.1. The van der Waals surface area contributed by atoms with Gasteiger partial charge in [0.15, 0.2) is 0 Å². The average molecular weight is 261 g/mol. The molecule has 1 fully saturated rings. The van der Waals surface area contributed by atoms with E-state index < -0.39 is 0 Å². The normalized spacial score (nSPS) is 18.7. The SMILES string of the molecule is CCN(Cc1cccc(C#N)c1F)CC1CCCN1. The van der Waals surface area contributed by atoms with Crippen molar-refractivity contribution in [1.29, 1.82) is 5.26 Å². The second-order valence-corrected chi connectivity index (χ2v) is 5.01. The predicted octanol–water partition coefficient (Wildman–Crippen LogP) is 2.27. The molecule has 0 amide bonds. The highest BCUT2D eigenvalue weighted by Gasteiger charge is 2.18. The molecule has 1 aromatic carbocycles. The van der Waals surface area contributed by atoms with Crippen LogP contribution < -0.4 is 5.32 Å². The van der Waals surface area contributed by atoms with Gasteiger partial charge in [0.05, 0.1) is 5.56 Å². The third-order valence-electron chi connectivity index (χ3n) is 3.68. The zero-order chi connectivity index (χ0) is 13.7. The quantitative estimate of drug-likeness (QED) is 0.883. The number of nitrogens with zero attached hydrogens (tertiary/aromatic N) is 2. The van der Waals surface area contributed by atoms with Crippen LogP contribution in [-0.4, -0.2) is 30.6 Å². The van der Waals surface area contributed by atoms with E-state index in [4.69, 9.17) is 5.26 Å². The van der Waals surface area contributed by atoms with Crippen LogP contribution in [0, 0.1) is 17.1 Å². The van der Waals surface area contributed by atoms with Crippen molar-refractivity contribution in [1.82, 2.24) is 10.2 Å². The summed E-state index contributed by atoms with van der Waals surface area (Å²) < 4.78 is 14.0. The summed E-state index contributed by atoms with van der Waals surface area (Å²) in [6.45, 7) is 5.55. The minimum atomic E-state index is -0.372. The molecular weight excluding hydrogens is 241 g/mol. The summed E-state index contributed by atoms with van der Waals surface area (Å²) in [6, 6.07) is 7.44. The first-order chi connectivity index (χ1) is 9.24. The molecule has 0 bridgehead atoms. The molecule has 0 aliphatic carbocycles. The number of likely N-dealkylation sites (N-methyl/N-ethyl adjacent to an activating group) is 1. The first-order valence-corrected chi connectivity index (χ1v) is 6.87. The van der Waals surface area contributed by atoms with E-state index in [1.54, 1.807) is 12.1 Å². The Morgan fingerprint density at radius 1 is 1.53 bits per heavy atom. The molecule has 1 aliphatic heterocycles. The first kappa shape index (κ1) is 14.0. The number of rotatable bonds is 5. The fourth-order valence-corrected chi connectivity index (χ4v) is 2.56. The topological polar surface area (TPSA) is 39.1 Å². The standard InChI is InChI=1S/C15H20FN3/c1-2-19(11-14-7-4-8-18-14)10-13-6-3-5-12(9-17)15(13)16/h3,5-6,14,18H,2,4,7-8,10-11H2,1H3. The van der Waals surface area contributed by atoms with Crippen molar-refractivity contribution in [3.05, 3.63) is 35.1 Å². The van der Waals surface area contributed by atoms with Crippen molar-refractivity contribution in [2.75, 3.05) is 19.6 Å². The maximum absolute atomic E-state index is 14.0. The van der Waals surface area contributed by atoms with Gasteiger partial charge >= 0.3 is 0 Å². The van der Waals surface area contributed by atoms with Crippen molar-refractivity contribution in [2.24, 2.45) is 0 Å². The van der Waals surface area contributed by atoms with E-state index in [-0.39, 0.29) is 11.4 Å². The predicted molar refractivity (Wildman–Crippen MR) is 73.1 cm³/mol. The number of hydrogen-bond acceptors (Lipinski definition) is 3. The van der Waals surface area contributed by atoms with E-state index >= 15 is 0 Å². The molecule has 1 atom stereocenters. The molecule has 102 valence electrons. The molecule has 0 saturated carbocycles. The molecule has 1 saturated heterocycles. The summed E-state index contributed by atoms with van der Waals surface area (Å²) in [5.41, 5.74) is 0.742. The third-order valence-corrected chi connectivity index (χ3v) is 3.68. The van der Waals surface area contributed by atoms with Gasteiger partial charge in [0.25, 0.3) is 0 Å². The summed E-state index contributed by atoms with van der Waals surface area (Å²) in [4.78, 5) is 2.22. The first-order valence-electron chi connectivity index (χ1n) is 6.87. The second kappa shape index (κ2) is 6.65. The minimum Gasteiger partial charge on any atom is -0.313 e. The summed E-state index contributed by atoms with van der Waals surface area (Å²) in [5, 5.41) is 12.3. The van der Waals surface area contributed by atoms with E-state index in [0.29, 0.717) is 18.2 Å². The maximum Gasteiger partial charge on any atom is 0.145 e. The van der Waals surface area contributed by atoms with E-state index in [1.807, 2.05) is 6.07 Å².